The normalized spacial score (nSPS) is 58.9. The number of rotatable bonds is 0. The molecule has 0 aliphatic heterocycles. The zero-order valence-corrected chi connectivity index (χ0v) is 15.8. The maximum absolute atomic E-state index is 10.0. The predicted octanol–water partition coefficient (Wildman–Crippen LogP) is 5.41. The molecule has 0 radical (unpaired) electrons. The Balaban J connectivity index is 1.79. The summed E-state index contributed by atoms with van der Waals surface area (Å²) in [5.74, 6) is 5.47. The zero-order valence-electron chi connectivity index (χ0n) is 15.8. The summed E-state index contributed by atoms with van der Waals surface area (Å²) < 4.78 is 0. The van der Waals surface area contributed by atoms with E-state index in [2.05, 4.69) is 39.8 Å². The van der Waals surface area contributed by atoms with Crippen LogP contribution in [0.1, 0.15) is 66.2 Å². The Bertz CT molecular complexity index is 612. The molecule has 0 aromatic heterocycles. The second-order valence-corrected chi connectivity index (χ2v) is 10.2. The summed E-state index contributed by atoms with van der Waals surface area (Å²) in [4.78, 5) is 0. The maximum Gasteiger partial charge on any atom is 0.0692 e. The molecule has 130 valence electrons. The van der Waals surface area contributed by atoms with Crippen molar-refractivity contribution in [3.05, 3.63) is 0 Å². The van der Waals surface area contributed by atoms with Gasteiger partial charge in [0.1, 0.15) is 0 Å². The van der Waals surface area contributed by atoms with Gasteiger partial charge in [-0.15, -0.1) is 0 Å². The van der Waals surface area contributed by atoms with Crippen molar-refractivity contribution in [1.82, 2.24) is 0 Å². The van der Waals surface area contributed by atoms with E-state index in [1.165, 1.54) is 32.1 Å². The van der Waals surface area contributed by atoms with Crippen molar-refractivity contribution in [2.75, 3.05) is 0 Å². The highest BCUT2D eigenvalue weighted by Crippen LogP contribution is 2.68. The van der Waals surface area contributed by atoms with Crippen LogP contribution in [0.4, 0.5) is 0 Å². The zero-order chi connectivity index (χ0) is 17.3. The fraction of sp³-hybridized carbons (Fsp3) is 0.909. The van der Waals surface area contributed by atoms with Crippen LogP contribution in [-0.2, 0) is 0 Å². The van der Waals surface area contributed by atoms with E-state index in [1.54, 1.807) is 0 Å². The molecular weight excluding hydrogens is 292 g/mol. The molecule has 24 heavy (non-hydrogen) atoms. The number of nitrogens with zero attached hydrogens (tertiary/aromatic N) is 2. The van der Waals surface area contributed by atoms with Crippen LogP contribution in [0, 0.1) is 80.8 Å². The molecular formula is C22H32N2. The fourth-order valence-electron chi connectivity index (χ4n) is 7.92. The van der Waals surface area contributed by atoms with Gasteiger partial charge >= 0.3 is 0 Å². The molecule has 0 heterocycles. The summed E-state index contributed by atoms with van der Waals surface area (Å²) in [6, 6.07) is 5.49. The lowest BCUT2D eigenvalue weighted by Gasteiger charge is -2.65. The van der Waals surface area contributed by atoms with Crippen LogP contribution >= 0.6 is 0 Å². The highest BCUT2D eigenvalue weighted by molar-refractivity contribution is 5.18. The Morgan fingerprint density at radius 2 is 1.58 bits per heavy atom. The molecule has 0 amide bonds. The first-order chi connectivity index (χ1) is 11.4. The number of nitriles is 2. The van der Waals surface area contributed by atoms with E-state index in [4.69, 9.17) is 0 Å². The van der Waals surface area contributed by atoms with Gasteiger partial charge in [0, 0.05) is 0 Å². The monoisotopic (exact) mass is 324 g/mol. The van der Waals surface area contributed by atoms with Gasteiger partial charge in [0.25, 0.3) is 0 Å². The fourth-order valence-corrected chi connectivity index (χ4v) is 7.92. The van der Waals surface area contributed by atoms with Gasteiger partial charge in [-0.2, -0.15) is 10.5 Å². The average molecular weight is 325 g/mol. The van der Waals surface area contributed by atoms with Crippen molar-refractivity contribution in [3.63, 3.8) is 0 Å². The van der Waals surface area contributed by atoms with Crippen LogP contribution in [0.15, 0.2) is 0 Å². The SMILES string of the molecule is C[C@@H]1CC2C[C@H](C)[C@H]3CC[C@](C)(C#N)[C@H]4CCC([C@@H]2C34)[C@]1(C)C#N. The molecule has 4 rings (SSSR count). The molecule has 2 nitrogen and oxygen atoms in total. The molecule has 4 aliphatic carbocycles. The van der Waals surface area contributed by atoms with Gasteiger partial charge in [-0.25, -0.2) is 0 Å². The lowest BCUT2D eigenvalue weighted by molar-refractivity contribution is -0.164. The van der Waals surface area contributed by atoms with Crippen molar-refractivity contribution in [1.29, 1.82) is 10.5 Å². The molecule has 2 heteroatoms. The molecule has 0 spiro atoms. The van der Waals surface area contributed by atoms with Crippen molar-refractivity contribution in [2.24, 2.45) is 58.2 Å². The molecule has 4 saturated carbocycles. The Morgan fingerprint density at radius 1 is 0.875 bits per heavy atom. The van der Waals surface area contributed by atoms with Crippen molar-refractivity contribution < 1.29 is 0 Å². The molecule has 4 fully saturated rings. The summed E-state index contributed by atoms with van der Waals surface area (Å²) in [5.41, 5.74) is -0.280. The van der Waals surface area contributed by atoms with Gasteiger partial charge in [-0.05, 0) is 99.7 Å². The van der Waals surface area contributed by atoms with Crippen molar-refractivity contribution in [2.45, 2.75) is 66.2 Å². The minimum Gasteiger partial charge on any atom is -0.198 e. The van der Waals surface area contributed by atoms with Crippen LogP contribution in [0.5, 0.6) is 0 Å². The second-order valence-electron chi connectivity index (χ2n) is 10.2. The largest absolute Gasteiger partial charge is 0.198 e. The highest BCUT2D eigenvalue weighted by Gasteiger charge is 2.63. The summed E-state index contributed by atoms with van der Waals surface area (Å²) in [5, 5.41) is 19.9. The number of hydrogen-bond donors (Lipinski definition) is 0. The van der Waals surface area contributed by atoms with Crippen LogP contribution in [0.25, 0.3) is 0 Å². The minimum atomic E-state index is -0.155. The van der Waals surface area contributed by atoms with Crippen LogP contribution in [-0.4, -0.2) is 0 Å². The van der Waals surface area contributed by atoms with Gasteiger partial charge in [0.15, 0.2) is 0 Å². The van der Waals surface area contributed by atoms with Gasteiger partial charge < -0.3 is 0 Å². The Labute approximate surface area is 147 Å². The van der Waals surface area contributed by atoms with Gasteiger partial charge in [-0.1, -0.05) is 13.8 Å². The van der Waals surface area contributed by atoms with E-state index in [0.29, 0.717) is 29.6 Å². The summed E-state index contributed by atoms with van der Waals surface area (Å²) in [6.45, 7) is 9.28. The third-order valence-corrected chi connectivity index (χ3v) is 9.37. The van der Waals surface area contributed by atoms with Crippen molar-refractivity contribution in [3.8, 4) is 12.1 Å². The summed E-state index contributed by atoms with van der Waals surface area (Å²) >= 11 is 0. The van der Waals surface area contributed by atoms with Crippen LogP contribution < -0.4 is 0 Å². The third kappa shape index (κ3) is 1.92. The Kier molecular flexibility index (Phi) is 3.59. The predicted molar refractivity (Wildman–Crippen MR) is 94.4 cm³/mol. The molecule has 3 unspecified atom stereocenters. The summed E-state index contributed by atoms with van der Waals surface area (Å²) in [7, 11) is 0. The Morgan fingerprint density at radius 3 is 2.25 bits per heavy atom. The van der Waals surface area contributed by atoms with E-state index >= 15 is 0 Å². The van der Waals surface area contributed by atoms with E-state index in [0.717, 1.165) is 24.2 Å². The molecule has 0 aromatic rings. The quantitative estimate of drug-likeness (QED) is 0.598. The van der Waals surface area contributed by atoms with Crippen LogP contribution in [0.2, 0.25) is 0 Å². The molecule has 10 atom stereocenters. The van der Waals surface area contributed by atoms with Gasteiger partial charge in [0.05, 0.1) is 23.0 Å². The van der Waals surface area contributed by atoms with E-state index in [9.17, 15) is 10.5 Å². The minimum absolute atomic E-state index is 0.125. The molecule has 0 saturated heterocycles. The standard InChI is InChI=1S/C22H32N2/c1-13-9-15-10-14(2)22(4,12-24)18-6-5-17-20(19(15)18)16(13)7-8-21(17,3)11-23/h13-20H,5-10H2,1-4H3/t13-,14+,15?,16+,17-,18?,19+,20?,21+,22+/m0/s1. The number of hydrogen-bond acceptors (Lipinski definition) is 2. The molecule has 0 aromatic carbocycles. The van der Waals surface area contributed by atoms with E-state index < -0.39 is 0 Å². The molecule has 0 bridgehead atoms. The average Bonchev–Trinajstić information content (AvgIpc) is 2.58. The van der Waals surface area contributed by atoms with Crippen LogP contribution in [0.3, 0.4) is 0 Å². The smallest absolute Gasteiger partial charge is 0.0692 e. The molecule has 0 N–H and O–H groups in total. The first kappa shape index (κ1) is 16.4. The third-order valence-electron chi connectivity index (χ3n) is 9.37. The first-order valence-electron chi connectivity index (χ1n) is 10.2. The van der Waals surface area contributed by atoms with Gasteiger partial charge in [-0.3, -0.25) is 0 Å². The lowest BCUT2D eigenvalue weighted by atomic mass is 9.38. The topological polar surface area (TPSA) is 47.6 Å². The summed E-state index contributed by atoms with van der Waals surface area (Å²) in [6.07, 6.45) is 7.28. The maximum atomic E-state index is 10.0. The molecule has 4 aliphatic rings. The highest BCUT2D eigenvalue weighted by atomic mass is 14.7. The second kappa shape index (κ2) is 5.24. The van der Waals surface area contributed by atoms with E-state index in [1.807, 2.05) is 0 Å². The van der Waals surface area contributed by atoms with E-state index in [-0.39, 0.29) is 10.8 Å². The Hall–Kier alpha value is -1.02. The van der Waals surface area contributed by atoms with Gasteiger partial charge in [0.2, 0.25) is 0 Å². The lowest BCUT2D eigenvalue weighted by Crippen LogP contribution is -2.60. The van der Waals surface area contributed by atoms with Crippen molar-refractivity contribution >= 4 is 0 Å². The first-order valence-corrected chi connectivity index (χ1v) is 10.2.